The van der Waals surface area contributed by atoms with Gasteiger partial charge in [-0.05, 0) is 55.5 Å². The number of hydrogen-bond acceptors (Lipinski definition) is 4. The first-order valence-electron chi connectivity index (χ1n) is 10.9. The number of piperidine rings is 1. The molecular weight excluding hydrogens is 506 g/mol. The second-order valence-corrected chi connectivity index (χ2v) is 9.15. The number of hydrogen-bond donors (Lipinski definition) is 1. The van der Waals surface area contributed by atoms with E-state index in [2.05, 4.69) is 15.0 Å². The molecular formula is C23H26Cl2F3N5O2. The van der Waals surface area contributed by atoms with Crippen LogP contribution < -0.4 is 11.2 Å². The number of nitrogens with one attached hydrogen (secondary N) is 1. The molecule has 5 rings (SSSR count). The molecule has 0 unspecified atom stereocenters. The van der Waals surface area contributed by atoms with Crippen molar-refractivity contribution in [3.05, 3.63) is 80.4 Å². The summed E-state index contributed by atoms with van der Waals surface area (Å²) in [6.07, 6.45) is 2.27. The van der Waals surface area contributed by atoms with E-state index < -0.39 is 23.0 Å². The van der Waals surface area contributed by atoms with Gasteiger partial charge in [-0.1, -0.05) is 12.1 Å². The minimum Gasteiger partial charge on any atom is -0.302 e. The molecule has 0 amide bonds. The Morgan fingerprint density at radius 1 is 1.11 bits per heavy atom. The molecule has 1 aliphatic carbocycles. The highest BCUT2D eigenvalue weighted by molar-refractivity contribution is 5.85. The van der Waals surface area contributed by atoms with Gasteiger partial charge in [-0.25, -0.2) is 9.48 Å². The summed E-state index contributed by atoms with van der Waals surface area (Å²) in [6, 6.07) is 5.57. The molecule has 190 valence electrons. The summed E-state index contributed by atoms with van der Waals surface area (Å²) < 4.78 is 41.5. The number of nitrogens with zero attached hydrogens (tertiary/aromatic N) is 4. The van der Waals surface area contributed by atoms with Gasteiger partial charge in [0.05, 0.1) is 11.8 Å². The number of halogens is 5. The predicted octanol–water partition coefficient (Wildman–Crippen LogP) is 3.56. The number of likely N-dealkylation sites (tertiary alicyclic amines) is 1. The Morgan fingerprint density at radius 3 is 2.46 bits per heavy atom. The minimum absolute atomic E-state index is 0. The van der Waals surface area contributed by atoms with Crippen molar-refractivity contribution >= 4 is 24.8 Å². The van der Waals surface area contributed by atoms with Crippen LogP contribution in [0.2, 0.25) is 0 Å². The average Bonchev–Trinajstić information content (AvgIpc) is 3.09. The standard InChI is InChI=1S/C23H24F3N5O2.2ClH/c1-15-10-27-31(11-15)19-13-30(21(33)28-20(19)32)8-2-7-29-12-18-9-22(18,14-29)16-3-5-17(6-4-16)23(24,25)26;;/h3-6,10-11,13,18H,2,7-9,12,14H2,1H3,(H,28,32,33);2*1H/t18-,22+;;/m0../s1. The molecule has 2 aliphatic rings. The first-order valence-corrected chi connectivity index (χ1v) is 10.9. The zero-order chi connectivity index (χ0) is 23.4. The van der Waals surface area contributed by atoms with Crippen molar-refractivity contribution < 1.29 is 13.2 Å². The molecule has 3 heterocycles. The van der Waals surface area contributed by atoms with E-state index in [0.29, 0.717) is 18.9 Å². The van der Waals surface area contributed by atoms with Crippen LogP contribution in [0.25, 0.3) is 5.69 Å². The normalized spacial score (nSPS) is 21.2. The maximum Gasteiger partial charge on any atom is 0.416 e. The van der Waals surface area contributed by atoms with Gasteiger partial charge in [0.1, 0.15) is 5.69 Å². The Labute approximate surface area is 211 Å². The lowest BCUT2D eigenvalue weighted by molar-refractivity contribution is -0.137. The number of alkyl halides is 3. The van der Waals surface area contributed by atoms with Crippen molar-refractivity contribution in [2.24, 2.45) is 5.92 Å². The van der Waals surface area contributed by atoms with Crippen molar-refractivity contribution in [3.8, 4) is 5.69 Å². The van der Waals surface area contributed by atoms with Crippen LogP contribution in [0.1, 0.15) is 29.5 Å². The number of H-pyrrole nitrogens is 1. The maximum absolute atomic E-state index is 12.9. The molecule has 0 bridgehead atoms. The maximum atomic E-state index is 12.9. The number of benzene rings is 1. The second kappa shape index (κ2) is 9.83. The van der Waals surface area contributed by atoms with E-state index in [-0.39, 0.29) is 35.9 Å². The SMILES string of the molecule is Cc1cnn(-c2cn(CCCN3C[C@@H]4C[C@]4(c4ccc(C(F)(F)F)cc4)C3)c(=O)[nH]c2=O)c1.Cl.Cl. The molecule has 1 saturated carbocycles. The Bertz CT molecular complexity index is 1300. The smallest absolute Gasteiger partial charge is 0.302 e. The van der Waals surface area contributed by atoms with Gasteiger partial charge >= 0.3 is 11.9 Å². The molecule has 12 heteroatoms. The molecule has 1 saturated heterocycles. The molecule has 2 atom stereocenters. The van der Waals surface area contributed by atoms with Crippen LogP contribution in [0.15, 0.2) is 52.4 Å². The van der Waals surface area contributed by atoms with Crippen LogP contribution >= 0.6 is 24.8 Å². The molecule has 1 aromatic carbocycles. The lowest BCUT2D eigenvalue weighted by Gasteiger charge is -2.21. The van der Waals surface area contributed by atoms with E-state index in [1.807, 2.05) is 6.92 Å². The van der Waals surface area contributed by atoms with Gasteiger partial charge in [-0.3, -0.25) is 14.3 Å². The minimum atomic E-state index is -4.32. The molecule has 1 aliphatic heterocycles. The molecule has 0 spiro atoms. The van der Waals surface area contributed by atoms with Gasteiger partial charge < -0.3 is 4.90 Å². The average molecular weight is 532 g/mol. The number of aryl methyl sites for hydroxylation is 2. The van der Waals surface area contributed by atoms with E-state index in [9.17, 15) is 22.8 Å². The summed E-state index contributed by atoms with van der Waals surface area (Å²) in [6.45, 7) is 4.78. The van der Waals surface area contributed by atoms with E-state index in [1.165, 1.54) is 27.6 Å². The van der Waals surface area contributed by atoms with E-state index >= 15 is 0 Å². The van der Waals surface area contributed by atoms with Crippen molar-refractivity contribution in [2.45, 2.75) is 37.9 Å². The summed E-state index contributed by atoms with van der Waals surface area (Å²) in [5, 5.41) is 4.14. The van der Waals surface area contributed by atoms with Crippen molar-refractivity contribution in [3.63, 3.8) is 0 Å². The highest BCUT2D eigenvalue weighted by atomic mass is 35.5. The zero-order valence-corrected chi connectivity index (χ0v) is 20.6. The highest BCUT2D eigenvalue weighted by Gasteiger charge is 2.60. The number of fused-ring (bicyclic) bond motifs is 1. The van der Waals surface area contributed by atoms with Gasteiger partial charge in [0.2, 0.25) is 0 Å². The fourth-order valence-corrected chi connectivity index (χ4v) is 5.03. The Morgan fingerprint density at radius 2 is 1.83 bits per heavy atom. The molecule has 3 aromatic rings. The Kier molecular flexibility index (Phi) is 7.59. The topological polar surface area (TPSA) is 75.9 Å². The molecule has 0 radical (unpaired) electrons. The number of aromatic nitrogens is 4. The first-order chi connectivity index (χ1) is 15.7. The third-order valence-electron chi connectivity index (χ3n) is 6.83. The first kappa shape index (κ1) is 27.0. The highest BCUT2D eigenvalue weighted by Crippen LogP contribution is 2.59. The second-order valence-electron chi connectivity index (χ2n) is 9.15. The summed E-state index contributed by atoms with van der Waals surface area (Å²) in [7, 11) is 0. The summed E-state index contributed by atoms with van der Waals surface area (Å²) in [4.78, 5) is 29.1. The largest absolute Gasteiger partial charge is 0.416 e. The predicted molar refractivity (Wildman–Crippen MR) is 130 cm³/mol. The fraction of sp³-hybridized carbons (Fsp3) is 0.435. The van der Waals surface area contributed by atoms with Crippen LogP contribution in [0, 0.1) is 12.8 Å². The summed E-state index contributed by atoms with van der Waals surface area (Å²) in [5.74, 6) is 0.458. The van der Waals surface area contributed by atoms with Crippen molar-refractivity contribution in [2.75, 3.05) is 19.6 Å². The number of aromatic amines is 1. The van der Waals surface area contributed by atoms with Gasteiger partial charge in [0.15, 0.2) is 0 Å². The van der Waals surface area contributed by atoms with E-state index in [0.717, 1.165) is 37.2 Å². The summed E-state index contributed by atoms with van der Waals surface area (Å²) in [5.41, 5.74) is 0.540. The third kappa shape index (κ3) is 5.19. The molecule has 2 aromatic heterocycles. The van der Waals surface area contributed by atoms with Crippen LogP contribution in [0.5, 0.6) is 0 Å². The fourth-order valence-electron chi connectivity index (χ4n) is 5.03. The van der Waals surface area contributed by atoms with Crippen LogP contribution in [-0.2, 0) is 18.1 Å². The molecule has 2 fully saturated rings. The third-order valence-corrected chi connectivity index (χ3v) is 6.83. The quantitative estimate of drug-likeness (QED) is 0.527. The van der Waals surface area contributed by atoms with Crippen LogP contribution in [0.3, 0.4) is 0 Å². The Balaban J connectivity index is 0.00000171. The van der Waals surface area contributed by atoms with Crippen molar-refractivity contribution in [1.82, 2.24) is 24.2 Å². The van der Waals surface area contributed by atoms with Gasteiger partial charge in [-0.2, -0.15) is 18.3 Å². The molecule has 7 nitrogen and oxygen atoms in total. The van der Waals surface area contributed by atoms with Crippen molar-refractivity contribution in [1.29, 1.82) is 0 Å². The van der Waals surface area contributed by atoms with E-state index in [1.54, 1.807) is 24.5 Å². The monoisotopic (exact) mass is 531 g/mol. The van der Waals surface area contributed by atoms with Gasteiger partial charge in [-0.15, -0.1) is 24.8 Å². The number of rotatable bonds is 6. The summed E-state index contributed by atoms with van der Waals surface area (Å²) >= 11 is 0. The van der Waals surface area contributed by atoms with Crippen LogP contribution in [-0.4, -0.2) is 43.9 Å². The molecule has 35 heavy (non-hydrogen) atoms. The lowest BCUT2D eigenvalue weighted by atomic mass is 9.94. The van der Waals surface area contributed by atoms with E-state index in [4.69, 9.17) is 0 Å². The lowest BCUT2D eigenvalue weighted by Crippen LogP contribution is -2.33. The van der Waals surface area contributed by atoms with Gasteiger partial charge in [0, 0.05) is 37.4 Å². The van der Waals surface area contributed by atoms with Gasteiger partial charge in [0.25, 0.3) is 5.56 Å². The zero-order valence-electron chi connectivity index (χ0n) is 18.9. The Hall–Kier alpha value is -2.56. The molecule has 1 N–H and O–H groups in total. The van der Waals surface area contributed by atoms with Crippen LogP contribution in [0.4, 0.5) is 13.2 Å².